The van der Waals surface area contributed by atoms with Gasteiger partial charge in [0.25, 0.3) is 0 Å². The number of nitrogens with zero attached hydrogens (tertiary/aromatic N) is 1. The van der Waals surface area contributed by atoms with Crippen LogP contribution in [0.15, 0.2) is 30.3 Å². The van der Waals surface area contributed by atoms with Crippen molar-refractivity contribution in [1.29, 1.82) is 0 Å². The van der Waals surface area contributed by atoms with Gasteiger partial charge < -0.3 is 10.6 Å². The molecule has 0 aromatic heterocycles. The van der Waals surface area contributed by atoms with Crippen molar-refractivity contribution in [2.24, 2.45) is 17.6 Å². The lowest BCUT2D eigenvalue weighted by Gasteiger charge is -2.27. The van der Waals surface area contributed by atoms with Crippen LogP contribution in [-0.4, -0.2) is 23.9 Å². The molecule has 0 spiro atoms. The second-order valence-corrected chi connectivity index (χ2v) is 6.64. The molecule has 0 saturated heterocycles. The number of carbonyl (C=O) groups is 1. The second kappa shape index (κ2) is 8.83. The van der Waals surface area contributed by atoms with Gasteiger partial charge in [-0.1, -0.05) is 58.0 Å². The highest BCUT2D eigenvalue weighted by Crippen LogP contribution is 2.16. The molecule has 0 aliphatic rings. The smallest absolute Gasteiger partial charge is 0.222 e. The van der Waals surface area contributed by atoms with E-state index in [2.05, 4.69) is 27.7 Å². The summed E-state index contributed by atoms with van der Waals surface area (Å²) in [6.45, 7) is 10.3. The normalized spacial score (nSPS) is 12.7. The number of benzene rings is 1. The molecule has 3 heteroatoms. The topological polar surface area (TPSA) is 46.3 Å². The number of carbonyl (C=O) groups excluding carboxylic acids is 1. The van der Waals surface area contributed by atoms with Crippen LogP contribution < -0.4 is 5.73 Å². The highest BCUT2D eigenvalue weighted by atomic mass is 16.2. The highest BCUT2D eigenvalue weighted by molar-refractivity contribution is 5.76. The van der Waals surface area contributed by atoms with Crippen molar-refractivity contribution < 1.29 is 4.79 Å². The van der Waals surface area contributed by atoms with Gasteiger partial charge in [0.05, 0.1) is 0 Å². The van der Waals surface area contributed by atoms with Crippen molar-refractivity contribution in [3.63, 3.8) is 0 Å². The molecule has 0 aliphatic carbocycles. The quantitative estimate of drug-likeness (QED) is 0.795. The molecule has 2 N–H and O–H groups in total. The molecule has 0 fully saturated rings. The molecule has 1 amide bonds. The van der Waals surface area contributed by atoms with E-state index in [1.165, 1.54) is 0 Å². The molecule has 118 valence electrons. The minimum Gasteiger partial charge on any atom is -0.342 e. The third-order valence-electron chi connectivity index (χ3n) is 3.42. The lowest BCUT2D eigenvalue weighted by molar-refractivity contribution is -0.132. The van der Waals surface area contributed by atoms with Gasteiger partial charge >= 0.3 is 0 Å². The van der Waals surface area contributed by atoms with E-state index in [9.17, 15) is 4.79 Å². The maximum Gasteiger partial charge on any atom is 0.222 e. The monoisotopic (exact) mass is 290 g/mol. The lowest BCUT2D eigenvalue weighted by Crippen LogP contribution is -2.37. The SMILES string of the molecule is CC(C)CN(CC(C)C)C(=O)CCC(N)c1ccccc1. The summed E-state index contributed by atoms with van der Waals surface area (Å²) in [5.74, 6) is 1.22. The van der Waals surface area contributed by atoms with Crippen LogP contribution >= 0.6 is 0 Å². The minimum absolute atomic E-state index is 0.0601. The summed E-state index contributed by atoms with van der Waals surface area (Å²) >= 11 is 0. The van der Waals surface area contributed by atoms with Crippen LogP contribution in [0.4, 0.5) is 0 Å². The van der Waals surface area contributed by atoms with E-state index in [4.69, 9.17) is 5.73 Å². The fraction of sp³-hybridized carbons (Fsp3) is 0.611. The Balaban J connectivity index is 2.52. The average molecular weight is 290 g/mol. The Morgan fingerprint density at radius 3 is 2.05 bits per heavy atom. The van der Waals surface area contributed by atoms with Gasteiger partial charge in [0.15, 0.2) is 0 Å². The summed E-state index contributed by atoms with van der Waals surface area (Å²) in [7, 11) is 0. The Hall–Kier alpha value is -1.35. The molecule has 1 aromatic rings. The zero-order valence-corrected chi connectivity index (χ0v) is 13.9. The number of amides is 1. The maximum absolute atomic E-state index is 12.4. The predicted octanol–water partition coefficient (Wildman–Crippen LogP) is 3.61. The van der Waals surface area contributed by atoms with Crippen molar-refractivity contribution in [1.82, 2.24) is 4.90 Å². The van der Waals surface area contributed by atoms with E-state index in [0.717, 1.165) is 18.7 Å². The van der Waals surface area contributed by atoms with Crippen molar-refractivity contribution in [2.75, 3.05) is 13.1 Å². The molecule has 3 nitrogen and oxygen atoms in total. The van der Waals surface area contributed by atoms with Crippen molar-refractivity contribution in [2.45, 2.75) is 46.6 Å². The molecular weight excluding hydrogens is 260 g/mol. The molecule has 0 heterocycles. The van der Waals surface area contributed by atoms with E-state index < -0.39 is 0 Å². The molecule has 0 saturated carbocycles. The van der Waals surface area contributed by atoms with Gasteiger partial charge in [0.1, 0.15) is 0 Å². The van der Waals surface area contributed by atoms with Crippen molar-refractivity contribution in [3.8, 4) is 0 Å². The van der Waals surface area contributed by atoms with Crippen LogP contribution in [0.2, 0.25) is 0 Å². The van der Waals surface area contributed by atoms with E-state index in [-0.39, 0.29) is 11.9 Å². The van der Waals surface area contributed by atoms with Crippen LogP contribution in [0.5, 0.6) is 0 Å². The number of hydrogen-bond acceptors (Lipinski definition) is 2. The summed E-state index contributed by atoms with van der Waals surface area (Å²) < 4.78 is 0. The zero-order valence-electron chi connectivity index (χ0n) is 13.9. The van der Waals surface area contributed by atoms with Crippen molar-refractivity contribution >= 4 is 5.91 Å². The van der Waals surface area contributed by atoms with Crippen LogP contribution in [0, 0.1) is 11.8 Å². The molecule has 1 unspecified atom stereocenters. The van der Waals surface area contributed by atoms with Crippen LogP contribution in [-0.2, 0) is 4.79 Å². The third kappa shape index (κ3) is 6.76. The molecule has 0 bridgehead atoms. The Bertz CT molecular complexity index is 404. The summed E-state index contributed by atoms with van der Waals surface area (Å²) in [5, 5.41) is 0. The van der Waals surface area contributed by atoms with E-state index >= 15 is 0 Å². The van der Waals surface area contributed by atoms with Gasteiger partial charge in [-0.05, 0) is 23.8 Å². The fourth-order valence-electron chi connectivity index (χ4n) is 2.46. The molecule has 21 heavy (non-hydrogen) atoms. The van der Waals surface area contributed by atoms with Crippen LogP contribution in [0.3, 0.4) is 0 Å². The first kappa shape index (κ1) is 17.7. The summed E-state index contributed by atoms with van der Waals surface area (Å²) in [6.07, 6.45) is 1.23. The van der Waals surface area contributed by atoms with E-state index in [0.29, 0.717) is 24.7 Å². The molecule has 0 aliphatic heterocycles. The number of hydrogen-bond donors (Lipinski definition) is 1. The summed E-state index contributed by atoms with van der Waals surface area (Å²) in [4.78, 5) is 14.4. The Kier molecular flexibility index (Phi) is 7.44. The number of nitrogens with two attached hydrogens (primary N) is 1. The van der Waals surface area contributed by atoms with Gasteiger partial charge in [-0.25, -0.2) is 0 Å². The first-order valence-electron chi connectivity index (χ1n) is 7.98. The first-order chi connectivity index (χ1) is 9.90. The molecule has 1 rings (SSSR count). The molecule has 1 atom stereocenters. The van der Waals surface area contributed by atoms with Gasteiger partial charge in [-0.15, -0.1) is 0 Å². The Morgan fingerprint density at radius 2 is 1.57 bits per heavy atom. The summed E-state index contributed by atoms with van der Waals surface area (Å²) in [5.41, 5.74) is 7.28. The lowest BCUT2D eigenvalue weighted by atomic mass is 10.0. The van der Waals surface area contributed by atoms with Gasteiger partial charge in [0, 0.05) is 25.6 Å². The van der Waals surface area contributed by atoms with Gasteiger partial charge in [-0.3, -0.25) is 4.79 Å². The van der Waals surface area contributed by atoms with Crippen LogP contribution in [0.1, 0.15) is 52.1 Å². The van der Waals surface area contributed by atoms with Crippen LogP contribution in [0.25, 0.3) is 0 Å². The first-order valence-corrected chi connectivity index (χ1v) is 7.98. The van der Waals surface area contributed by atoms with Crippen molar-refractivity contribution in [3.05, 3.63) is 35.9 Å². The summed E-state index contributed by atoms with van der Waals surface area (Å²) in [6, 6.07) is 9.94. The third-order valence-corrected chi connectivity index (χ3v) is 3.42. The standard InChI is InChI=1S/C18H30N2O/c1-14(2)12-20(13-15(3)4)18(21)11-10-17(19)16-8-6-5-7-9-16/h5-9,14-15,17H,10-13,19H2,1-4H3. The second-order valence-electron chi connectivity index (χ2n) is 6.64. The van der Waals surface area contributed by atoms with E-state index in [1.807, 2.05) is 35.2 Å². The average Bonchev–Trinajstić information content (AvgIpc) is 2.43. The Morgan fingerprint density at radius 1 is 1.05 bits per heavy atom. The maximum atomic E-state index is 12.4. The zero-order chi connectivity index (χ0) is 15.8. The fourth-order valence-corrected chi connectivity index (χ4v) is 2.46. The Labute approximate surface area is 129 Å². The number of rotatable bonds is 8. The molecule has 1 aromatic carbocycles. The molecule has 0 radical (unpaired) electrons. The van der Waals surface area contributed by atoms with Gasteiger partial charge in [0.2, 0.25) is 5.91 Å². The van der Waals surface area contributed by atoms with Gasteiger partial charge in [-0.2, -0.15) is 0 Å². The minimum atomic E-state index is -0.0601. The highest BCUT2D eigenvalue weighted by Gasteiger charge is 2.17. The van der Waals surface area contributed by atoms with E-state index in [1.54, 1.807) is 0 Å². The predicted molar refractivity (Wildman–Crippen MR) is 88.9 cm³/mol. The molecular formula is C18H30N2O. The largest absolute Gasteiger partial charge is 0.342 e.